The van der Waals surface area contributed by atoms with Gasteiger partial charge in [-0.3, -0.25) is 0 Å². The highest BCUT2D eigenvalue weighted by Gasteiger charge is 2.44. The molecule has 1 aliphatic carbocycles. The molecule has 2 rings (SSSR count). The number of benzene rings is 1. The van der Waals surface area contributed by atoms with Crippen LogP contribution < -0.4 is 14.8 Å². The van der Waals surface area contributed by atoms with Crippen LogP contribution in [-0.2, 0) is 6.54 Å². The van der Waals surface area contributed by atoms with Crippen molar-refractivity contribution in [2.45, 2.75) is 33.2 Å². The van der Waals surface area contributed by atoms with Crippen molar-refractivity contribution >= 4 is 0 Å². The van der Waals surface area contributed by atoms with E-state index in [1.165, 1.54) is 12.8 Å². The second-order valence-corrected chi connectivity index (χ2v) is 5.77. The van der Waals surface area contributed by atoms with E-state index in [0.29, 0.717) is 5.41 Å². The summed E-state index contributed by atoms with van der Waals surface area (Å²) in [6.07, 6.45) is 2.71. The normalized spacial score (nSPS) is 16.5. The van der Waals surface area contributed by atoms with Crippen molar-refractivity contribution in [3.63, 3.8) is 0 Å². The van der Waals surface area contributed by atoms with Crippen molar-refractivity contribution in [1.29, 1.82) is 0 Å². The third-order valence-corrected chi connectivity index (χ3v) is 4.39. The molecule has 0 spiro atoms. The number of hydrogen-bond acceptors (Lipinski definition) is 3. The van der Waals surface area contributed by atoms with Gasteiger partial charge >= 0.3 is 0 Å². The summed E-state index contributed by atoms with van der Waals surface area (Å²) in [5.41, 5.74) is 1.69. The standard InChI is InChI=1S/C16H25NO2/c1-12(2)16(8-9-16)11-17-10-13-6-5-7-14(18-3)15(13)19-4/h5-7,12,17H,8-11H2,1-4H3. The summed E-state index contributed by atoms with van der Waals surface area (Å²) < 4.78 is 10.8. The van der Waals surface area contributed by atoms with Gasteiger partial charge in [0.1, 0.15) is 0 Å². The Bertz CT molecular complexity index is 425. The van der Waals surface area contributed by atoms with E-state index in [2.05, 4.69) is 25.2 Å². The van der Waals surface area contributed by atoms with Crippen LogP contribution in [0.25, 0.3) is 0 Å². The smallest absolute Gasteiger partial charge is 0.165 e. The van der Waals surface area contributed by atoms with Crippen molar-refractivity contribution in [3.8, 4) is 11.5 Å². The number of para-hydroxylation sites is 1. The van der Waals surface area contributed by atoms with Gasteiger partial charge < -0.3 is 14.8 Å². The lowest BCUT2D eigenvalue weighted by atomic mass is 9.92. The maximum Gasteiger partial charge on any atom is 0.165 e. The number of nitrogens with one attached hydrogen (secondary N) is 1. The fourth-order valence-corrected chi connectivity index (χ4v) is 2.66. The minimum absolute atomic E-state index is 0.534. The monoisotopic (exact) mass is 263 g/mol. The van der Waals surface area contributed by atoms with Crippen LogP contribution in [0.2, 0.25) is 0 Å². The quantitative estimate of drug-likeness (QED) is 0.819. The number of rotatable bonds is 7. The van der Waals surface area contributed by atoms with E-state index in [1.54, 1.807) is 14.2 Å². The van der Waals surface area contributed by atoms with Crippen LogP contribution in [0.3, 0.4) is 0 Å². The summed E-state index contributed by atoms with van der Waals surface area (Å²) in [6, 6.07) is 6.02. The van der Waals surface area contributed by atoms with Crippen LogP contribution in [0, 0.1) is 11.3 Å². The third kappa shape index (κ3) is 3.03. The van der Waals surface area contributed by atoms with E-state index in [9.17, 15) is 0 Å². The van der Waals surface area contributed by atoms with Gasteiger partial charge in [-0.25, -0.2) is 0 Å². The minimum atomic E-state index is 0.534. The summed E-state index contributed by atoms with van der Waals surface area (Å²) >= 11 is 0. The second kappa shape index (κ2) is 5.83. The fourth-order valence-electron chi connectivity index (χ4n) is 2.66. The van der Waals surface area contributed by atoms with Crippen LogP contribution in [0.1, 0.15) is 32.3 Å². The van der Waals surface area contributed by atoms with Crippen LogP contribution in [-0.4, -0.2) is 20.8 Å². The Morgan fingerprint density at radius 1 is 1.21 bits per heavy atom. The van der Waals surface area contributed by atoms with Crippen molar-refractivity contribution in [3.05, 3.63) is 23.8 Å². The molecular formula is C16H25NO2. The highest BCUT2D eigenvalue weighted by molar-refractivity contribution is 5.46. The second-order valence-electron chi connectivity index (χ2n) is 5.77. The maximum atomic E-state index is 5.45. The molecule has 0 bridgehead atoms. The van der Waals surface area contributed by atoms with Gasteiger partial charge in [0, 0.05) is 18.7 Å². The van der Waals surface area contributed by atoms with Crippen LogP contribution in [0.4, 0.5) is 0 Å². The van der Waals surface area contributed by atoms with E-state index in [-0.39, 0.29) is 0 Å². The van der Waals surface area contributed by atoms with Crippen LogP contribution in [0.5, 0.6) is 11.5 Å². The first-order valence-corrected chi connectivity index (χ1v) is 7.03. The Labute approximate surface area is 116 Å². The predicted molar refractivity (Wildman–Crippen MR) is 77.8 cm³/mol. The molecule has 1 saturated carbocycles. The molecule has 19 heavy (non-hydrogen) atoms. The molecule has 106 valence electrons. The molecule has 0 amide bonds. The van der Waals surface area contributed by atoms with Crippen molar-refractivity contribution in [1.82, 2.24) is 5.32 Å². The lowest BCUT2D eigenvalue weighted by Gasteiger charge is -2.20. The molecule has 0 unspecified atom stereocenters. The van der Waals surface area contributed by atoms with E-state index in [1.807, 2.05) is 12.1 Å². The molecule has 0 radical (unpaired) electrons. The highest BCUT2D eigenvalue weighted by atomic mass is 16.5. The zero-order valence-corrected chi connectivity index (χ0v) is 12.5. The average molecular weight is 263 g/mol. The lowest BCUT2D eigenvalue weighted by molar-refractivity contribution is 0.331. The molecule has 0 heterocycles. The molecule has 1 aromatic carbocycles. The first kappa shape index (κ1) is 14.2. The van der Waals surface area contributed by atoms with Gasteiger partial charge in [0.05, 0.1) is 14.2 Å². The SMILES string of the molecule is COc1cccc(CNCC2(C(C)C)CC2)c1OC. The molecule has 0 atom stereocenters. The van der Waals surface area contributed by atoms with Gasteiger partial charge in [0.15, 0.2) is 11.5 Å². The van der Waals surface area contributed by atoms with Gasteiger partial charge in [-0.15, -0.1) is 0 Å². The van der Waals surface area contributed by atoms with Gasteiger partial charge in [-0.2, -0.15) is 0 Å². The Balaban J connectivity index is 1.96. The summed E-state index contributed by atoms with van der Waals surface area (Å²) in [5.74, 6) is 2.39. The zero-order chi connectivity index (χ0) is 13.9. The fraction of sp³-hybridized carbons (Fsp3) is 0.625. The van der Waals surface area contributed by atoms with Gasteiger partial charge in [-0.05, 0) is 30.2 Å². The molecule has 1 aliphatic rings. The van der Waals surface area contributed by atoms with Crippen LogP contribution >= 0.6 is 0 Å². The Kier molecular flexibility index (Phi) is 4.35. The summed E-state index contributed by atoms with van der Waals surface area (Å²) in [7, 11) is 3.37. The molecule has 3 heteroatoms. The predicted octanol–water partition coefficient (Wildman–Crippen LogP) is 3.23. The number of methoxy groups -OCH3 is 2. The van der Waals surface area contributed by atoms with E-state index >= 15 is 0 Å². The van der Waals surface area contributed by atoms with Gasteiger partial charge in [0.2, 0.25) is 0 Å². The topological polar surface area (TPSA) is 30.5 Å². The summed E-state index contributed by atoms with van der Waals surface area (Å²) in [4.78, 5) is 0. The summed E-state index contributed by atoms with van der Waals surface area (Å²) in [5, 5.41) is 3.58. The third-order valence-electron chi connectivity index (χ3n) is 4.39. The molecule has 1 N–H and O–H groups in total. The van der Waals surface area contributed by atoms with E-state index in [0.717, 1.165) is 36.1 Å². The largest absolute Gasteiger partial charge is 0.493 e. The van der Waals surface area contributed by atoms with Gasteiger partial charge in [-0.1, -0.05) is 26.0 Å². The molecule has 3 nitrogen and oxygen atoms in total. The Hall–Kier alpha value is -1.22. The van der Waals surface area contributed by atoms with Crippen molar-refractivity contribution < 1.29 is 9.47 Å². The van der Waals surface area contributed by atoms with Crippen LogP contribution in [0.15, 0.2) is 18.2 Å². The molecule has 0 aliphatic heterocycles. The first-order valence-electron chi connectivity index (χ1n) is 7.03. The average Bonchev–Trinajstić information content (AvgIpc) is 3.19. The van der Waals surface area contributed by atoms with E-state index < -0.39 is 0 Å². The first-order chi connectivity index (χ1) is 9.13. The minimum Gasteiger partial charge on any atom is -0.493 e. The maximum absolute atomic E-state index is 5.45. The number of ether oxygens (including phenoxy) is 2. The molecule has 1 aromatic rings. The van der Waals surface area contributed by atoms with E-state index in [4.69, 9.17) is 9.47 Å². The van der Waals surface area contributed by atoms with Crippen molar-refractivity contribution in [2.24, 2.45) is 11.3 Å². The summed E-state index contributed by atoms with van der Waals surface area (Å²) in [6.45, 7) is 6.56. The highest BCUT2D eigenvalue weighted by Crippen LogP contribution is 2.51. The van der Waals surface area contributed by atoms with Crippen molar-refractivity contribution in [2.75, 3.05) is 20.8 Å². The lowest BCUT2D eigenvalue weighted by Crippen LogP contribution is -2.27. The molecule has 0 aromatic heterocycles. The molecule has 1 fully saturated rings. The Morgan fingerprint density at radius 2 is 1.95 bits per heavy atom. The zero-order valence-electron chi connectivity index (χ0n) is 12.5. The van der Waals surface area contributed by atoms with Gasteiger partial charge in [0.25, 0.3) is 0 Å². The number of hydrogen-bond donors (Lipinski definition) is 1. The molecular weight excluding hydrogens is 238 g/mol. The Morgan fingerprint density at radius 3 is 2.47 bits per heavy atom. The molecule has 0 saturated heterocycles.